The molecular weight excluding hydrogens is 290 g/mol. The average molecular weight is 319 g/mol. The number of aliphatic hydroxyl groups excluding tert-OH is 1. The van der Waals surface area contributed by atoms with E-state index in [1.165, 1.54) is 11.1 Å². The molecule has 1 aliphatic heterocycles. The highest BCUT2D eigenvalue weighted by Gasteiger charge is 2.22. The summed E-state index contributed by atoms with van der Waals surface area (Å²) in [6.45, 7) is 7.04. The van der Waals surface area contributed by atoms with Gasteiger partial charge in [0, 0.05) is 32.2 Å². The van der Waals surface area contributed by atoms with Crippen LogP contribution in [0.1, 0.15) is 37.8 Å². The molecule has 0 aliphatic carbocycles. The van der Waals surface area contributed by atoms with Crippen LogP contribution in [-0.2, 0) is 13.0 Å². The first-order valence-electron chi connectivity index (χ1n) is 8.60. The normalized spacial score (nSPS) is 17.2. The van der Waals surface area contributed by atoms with E-state index >= 15 is 0 Å². The highest BCUT2D eigenvalue weighted by Crippen LogP contribution is 2.21. The van der Waals surface area contributed by atoms with Crippen LogP contribution in [0.5, 0.6) is 0 Å². The number of fused-ring (bicyclic) bond motifs is 1. The Bertz CT molecular complexity index is 505. The third-order valence-electron chi connectivity index (χ3n) is 4.49. The van der Waals surface area contributed by atoms with E-state index < -0.39 is 0 Å². The number of rotatable bonds is 7. The van der Waals surface area contributed by atoms with Crippen molar-refractivity contribution in [3.8, 4) is 0 Å². The maximum Gasteiger partial charge on any atom is 0.314 e. The maximum atomic E-state index is 11.8. The molecule has 0 aromatic heterocycles. The monoisotopic (exact) mass is 319 g/mol. The molecule has 0 radical (unpaired) electrons. The van der Waals surface area contributed by atoms with Crippen LogP contribution in [0.3, 0.4) is 0 Å². The number of nitrogens with one attached hydrogen (secondary N) is 2. The molecule has 5 nitrogen and oxygen atoms in total. The van der Waals surface area contributed by atoms with Gasteiger partial charge >= 0.3 is 6.03 Å². The molecule has 1 aliphatic rings. The van der Waals surface area contributed by atoms with Gasteiger partial charge in [-0.05, 0) is 37.3 Å². The summed E-state index contributed by atoms with van der Waals surface area (Å²) in [5.74, 6) is 0. The van der Waals surface area contributed by atoms with Crippen LogP contribution >= 0.6 is 0 Å². The first-order chi connectivity index (χ1) is 11.1. The van der Waals surface area contributed by atoms with Crippen molar-refractivity contribution >= 4 is 6.03 Å². The molecule has 0 bridgehead atoms. The number of hydrogen-bond acceptors (Lipinski definition) is 3. The standard InChI is InChI=1S/C18H29N3O2/c1-3-17(12-20-18(23)19-10-8-14(2)22)21-11-9-15-6-4-5-7-16(15)13-21/h4-7,14,17,22H,3,8-13H2,1-2H3,(H2,19,20,23). The van der Waals surface area contributed by atoms with Gasteiger partial charge < -0.3 is 15.7 Å². The second-order valence-electron chi connectivity index (χ2n) is 6.33. The molecule has 1 aromatic carbocycles. The summed E-state index contributed by atoms with van der Waals surface area (Å²) < 4.78 is 0. The molecule has 128 valence electrons. The number of benzene rings is 1. The topological polar surface area (TPSA) is 64.6 Å². The lowest BCUT2D eigenvalue weighted by atomic mass is 9.98. The Morgan fingerprint density at radius 2 is 2.04 bits per heavy atom. The summed E-state index contributed by atoms with van der Waals surface area (Å²) in [7, 11) is 0. The van der Waals surface area contributed by atoms with Crippen molar-refractivity contribution in [2.75, 3.05) is 19.6 Å². The predicted octanol–water partition coefficient (Wildman–Crippen LogP) is 1.89. The van der Waals surface area contributed by atoms with Crippen molar-refractivity contribution in [3.05, 3.63) is 35.4 Å². The Labute approximate surface area is 139 Å². The van der Waals surface area contributed by atoms with Gasteiger partial charge in [-0.1, -0.05) is 31.2 Å². The van der Waals surface area contributed by atoms with Crippen LogP contribution < -0.4 is 10.6 Å². The van der Waals surface area contributed by atoms with Crippen molar-refractivity contribution in [1.29, 1.82) is 0 Å². The zero-order valence-corrected chi connectivity index (χ0v) is 14.2. The fourth-order valence-corrected chi connectivity index (χ4v) is 3.03. The molecule has 2 amide bonds. The summed E-state index contributed by atoms with van der Waals surface area (Å²) in [5.41, 5.74) is 2.85. The van der Waals surface area contributed by atoms with E-state index in [0.29, 0.717) is 25.6 Å². The minimum absolute atomic E-state index is 0.151. The lowest BCUT2D eigenvalue weighted by Crippen LogP contribution is -2.48. The van der Waals surface area contributed by atoms with Gasteiger partial charge in [0.1, 0.15) is 0 Å². The van der Waals surface area contributed by atoms with Crippen molar-refractivity contribution in [2.24, 2.45) is 0 Å². The van der Waals surface area contributed by atoms with E-state index in [4.69, 9.17) is 0 Å². The number of hydrogen-bond donors (Lipinski definition) is 3. The fraction of sp³-hybridized carbons (Fsp3) is 0.611. The smallest absolute Gasteiger partial charge is 0.314 e. The largest absolute Gasteiger partial charge is 0.393 e. The van der Waals surface area contributed by atoms with Gasteiger partial charge in [0.15, 0.2) is 0 Å². The molecule has 2 unspecified atom stereocenters. The molecule has 0 saturated heterocycles. The van der Waals surface area contributed by atoms with Crippen molar-refractivity contribution in [1.82, 2.24) is 15.5 Å². The number of carbonyl (C=O) groups excluding carboxylic acids is 1. The lowest BCUT2D eigenvalue weighted by molar-refractivity contribution is 0.168. The second kappa shape index (κ2) is 8.89. The van der Waals surface area contributed by atoms with Crippen LogP contribution in [0.25, 0.3) is 0 Å². The minimum Gasteiger partial charge on any atom is -0.393 e. The van der Waals surface area contributed by atoms with Gasteiger partial charge in [-0.15, -0.1) is 0 Å². The van der Waals surface area contributed by atoms with Crippen molar-refractivity contribution in [3.63, 3.8) is 0 Å². The third kappa shape index (κ3) is 5.52. The quantitative estimate of drug-likeness (QED) is 0.719. The molecule has 2 rings (SSSR count). The van der Waals surface area contributed by atoms with E-state index in [1.54, 1.807) is 6.92 Å². The molecule has 0 saturated carbocycles. The molecule has 0 spiro atoms. The Morgan fingerprint density at radius 1 is 1.30 bits per heavy atom. The van der Waals surface area contributed by atoms with Crippen LogP contribution in [0, 0.1) is 0 Å². The second-order valence-corrected chi connectivity index (χ2v) is 6.33. The molecular formula is C18H29N3O2. The maximum absolute atomic E-state index is 11.8. The Balaban J connectivity index is 1.78. The summed E-state index contributed by atoms with van der Waals surface area (Å²) in [4.78, 5) is 14.3. The summed E-state index contributed by atoms with van der Waals surface area (Å²) in [6, 6.07) is 8.81. The lowest BCUT2D eigenvalue weighted by Gasteiger charge is -2.35. The average Bonchev–Trinajstić information content (AvgIpc) is 2.55. The summed E-state index contributed by atoms with van der Waals surface area (Å²) in [5, 5.41) is 14.9. The van der Waals surface area contributed by atoms with Crippen LogP contribution in [0.2, 0.25) is 0 Å². The van der Waals surface area contributed by atoms with Crippen LogP contribution in [0.15, 0.2) is 24.3 Å². The molecule has 5 heteroatoms. The van der Waals surface area contributed by atoms with Gasteiger partial charge in [0.05, 0.1) is 6.10 Å². The summed E-state index contributed by atoms with van der Waals surface area (Å²) in [6.07, 6.45) is 2.28. The number of nitrogens with zero attached hydrogens (tertiary/aromatic N) is 1. The highest BCUT2D eigenvalue weighted by atomic mass is 16.3. The van der Waals surface area contributed by atoms with E-state index in [9.17, 15) is 9.90 Å². The first-order valence-corrected chi connectivity index (χ1v) is 8.60. The molecule has 2 atom stereocenters. The highest BCUT2D eigenvalue weighted by molar-refractivity contribution is 5.73. The number of urea groups is 1. The number of amides is 2. The van der Waals surface area contributed by atoms with Crippen molar-refractivity contribution in [2.45, 2.75) is 51.8 Å². The Morgan fingerprint density at radius 3 is 2.74 bits per heavy atom. The van der Waals surface area contributed by atoms with Crippen molar-refractivity contribution < 1.29 is 9.90 Å². The van der Waals surface area contributed by atoms with Gasteiger partial charge in [-0.2, -0.15) is 0 Å². The number of aliphatic hydroxyl groups is 1. The molecule has 3 N–H and O–H groups in total. The molecule has 0 fully saturated rings. The molecule has 23 heavy (non-hydrogen) atoms. The summed E-state index contributed by atoms with van der Waals surface area (Å²) >= 11 is 0. The van der Waals surface area contributed by atoms with Crippen LogP contribution in [-0.4, -0.2) is 47.8 Å². The first kappa shape index (κ1) is 17.8. The van der Waals surface area contributed by atoms with Gasteiger partial charge in [0.25, 0.3) is 0 Å². The zero-order chi connectivity index (χ0) is 16.7. The van der Waals surface area contributed by atoms with Gasteiger partial charge in [-0.25, -0.2) is 4.79 Å². The van der Waals surface area contributed by atoms with E-state index in [1.807, 2.05) is 0 Å². The van der Waals surface area contributed by atoms with Gasteiger partial charge in [-0.3, -0.25) is 4.90 Å². The molecule has 1 heterocycles. The van der Waals surface area contributed by atoms with Crippen LogP contribution in [0.4, 0.5) is 4.79 Å². The number of carbonyl (C=O) groups is 1. The Kier molecular flexibility index (Phi) is 6.86. The van der Waals surface area contributed by atoms with Gasteiger partial charge in [0.2, 0.25) is 0 Å². The SMILES string of the molecule is CCC(CNC(=O)NCCC(C)O)N1CCc2ccccc2C1. The van der Waals surface area contributed by atoms with E-state index in [2.05, 4.69) is 46.7 Å². The molecule has 1 aromatic rings. The van der Waals surface area contributed by atoms with E-state index in [0.717, 1.165) is 25.9 Å². The zero-order valence-electron chi connectivity index (χ0n) is 14.2. The predicted molar refractivity (Wildman–Crippen MR) is 92.3 cm³/mol. The third-order valence-corrected chi connectivity index (χ3v) is 4.49. The minimum atomic E-state index is -0.382. The Hall–Kier alpha value is -1.59. The van der Waals surface area contributed by atoms with E-state index in [-0.39, 0.29) is 12.1 Å². The fourth-order valence-electron chi connectivity index (χ4n) is 3.03.